The van der Waals surface area contributed by atoms with Gasteiger partial charge in [-0.3, -0.25) is 4.79 Å². The Morgan fingerprint density at radius 3 is 2.90 bits per heavy atom. The molecule has 30 heavy (non-hydrogen) atoms. The summed E-state index contributed by atoms with van der Waals surface area (Å²) in [6.07, 6.45) is 2.12. The highest BCUT2D eigenvalue weighted by Crippen LogP contribution is 2.33. The molecule has 156 valence electrons. The van der Waals surface area contributed by atoms with Gasteiger partial charge < -0.3 is 14.8 Å². The van der Waals surface area contributed by atoms with Crippen molar-refractivity contribution in [2.45, 2.75) is 25.6 Å². The molecule has 1 aliphatic heterocycles. The summed E-state index contributed by atoms with van der Waals surface area (Å²) in [5.41, 5.74) is 2.14. The third-order valence-electron chi connectivity index (χ3n) is 4.75. The van der Waals surface area contributed by atoms with Crippen LogP contribution in [0.2, 0.25) is 10.0 Å². The van der Waals surface area contributed by atoms with Crippen molar-refractivity contribution in [3.8, 4) is 16.3 Å². The van der Waals surface area contributed by atoms with Crippen LogP contribution in [-0.4, -0.2) is 30.1 Å². The van der Waals surface area contributed by atoms with Crippen LogP contribution >= 0.6 is 34.5 Å². The number of carbonyl (C=O) groups excluding carboxylic acids is 1. The fraction of sp³-hybridized carbons (Fsp3) is 0.273. The van der Waals surface area contributed by atoms with Crippen LogP contribution in [0.25, 0.3) is 10.6 Å². The molecule has 5 nitrogen and oxygen atoms in total. The number of ether oxygens (including phenoxy) is 2. The summed E-state index contributed by atoms with van der Waals surface area (Å²) in [5.74, 6) is 0.492. The molecule has 1 aliphatic rings. The first kappa shape index (κ1) is 21.1. The predicted octanol–water partition coefficient (Wildman–Crippen LogP) is 5.60. The number of nitrogens with one attached hydrogen (secondary N) is 1. The van der Waals surface area contributed by atoms with E-state index >= 15 is 0 Å². The van der Waals surface area contributed by atoms with Gasteiger partial charge in [-0.05, 0) is 42.7 Å². The maximum Gasteiger partial charge on any atom is 0.270 e. The van der Waals surface area contributed by atoms with Crippen molar-refractivity contribution in [1.29, 1.82) is 0 Å². The van der Waals surface area contributed by atoms with E-state index in [9.17, 15) is 4.79 Å². The largest absolute Gasteiger partial charge is 0.488 e. The zero-order valence-corrected chi connectivity index (χ0v) is 18.4. The number of halogens is 2. The van der Waals surface area contributed by atoms with Crippen LogP contribution in [0, 0.1) is 0 Å². The summed E-state index contributed by atoms with van der Waals surface area (Å²) in [7, 11) is 0. The quantitative estimate of drug-likeness (QED) is 0.495. The predicted molar refractivity (Wildman–Crippen MR) is 120 cm³/mol. The molecule has 2 aromatic carbocycles. The van der Waals surface area contributed by atoms with Gasteiger partial charge in [-0.2, -0.15) is 0 Å². The van der Waals surface area contributed by atoms with Gasteiger partial charge in [0.05, 0.1) is 21.7 Å². The zero-order valence-electron chi connectivity index (χ0n) is 16.1. The lowest BCUT2D eigenvalue weighted by Crippen LogP contribution is -2.31. The standard InChI is InChI=1S/C22H20Cl2N2O3S/c23-17-8-7-14(10-18(17)24)12-29-20-6-2-1-5-16(20)22-26-19(13-30-22)21(27)25-11-15-4-3-9-28-15/h1-2,5-8,10,13,15H,3-4,9,11-12H2,(H,25,27)/t15-/m1/s1. The molecule has 0 saturated carbocycles. The van der Waals surface area contributed by atoms with Crippen LogP contribution in [0.5, 0.6) is 5.75 Å². The highest BCUT2D eigenvalue weighted by molar-refractivity contribution is 7.13. The number of amides is 1. The molecule has 3 aromatic rings. The number of thiazole rings is 1. The third kappa shape index (κ3) is 5.13. The average Bonchev–Trinajstić information content (AvgIpc) is 3.45. The zero-order chi connectivity index (χ0) is 20.9. The maximum absolute atomic E-state index is 12.4. The van der Waals surface area contributed by atoms with Crippen molar-refractivity contribution >= 4 is 40.4 Å². The number of carbonyl (C=O) groups is 1. The Bertz CT molecular complexity index is 1030. The van der Waals surface area contributed by atoms with Gasteiger partial charge in [-0.15, -0.1) is 11.3 Å². The van der Waals surface area contributed by atoms with E-state index in [4.69, 9.17) is 32.7 Å². The molecule has 0 unspecified atom stereocenters. The molecule has 1 amide bonds. The van der Waals surface area contributed by atoms with Crippen LogP contribution in [0.15, 0.2) is 47.8 Å². The Hall–Kier alpha value is -2.12. The number of nitrogens with zero attached hydrogens (tertiary/aromatic N) is 1. The fourth-order valence-electron chi connectivity index (χ4n) is 3.16. The minimum Gasteiger partial charge on any atom is -0.488 e. The summed E-state index contributed by atoms with van der Waals surface area (Å²) < 4.78 is 11.5. The van der Waals surface area contributed by atoms with E-state index in [0.717, 1.165) is 35.6 Å². The molecule has 1 aromatic heterocycles. The number of hydrogen-bond donors (Lipinski definition) is 1. The number of benzene rings is 2. The number of aromatic nitrogens is 1. The second-order valence-corrected chi connectivity index (χ2v) is 8.59. The van der Waals surface area contributed by atoms with Crippen molar-refractivity contribution < 1.29 is 14.3 Å². The van der Waals surface area contributed by atoms with E-state index in [1.165, 1.54) is 11.3 Å². The molecule has 0 radical (unpaired) electrons. The van der Waals surface area contributed by atoms with Crippen LogP contribution in [-0.2, 0) is 11.3 Å². The molecule has 0 spiro atoms. The molecule has 0 bridgehead atoms. The van der Waals surface area contributed by atoms with Gasteiger partial charge in [0.15, 0.2) is 0 Å². The van der Waals surface area contributed by atoms with E-state index in [-0.39, 0.29) is 12.0 Å². The first-order chi connectivity index (χ1) is 14.6. The van der Waals surface area contributed by atoms with E-state index in [2.05, 4.69) is 10.3 Å². The molecular formula is C22H20Cl2N2O3S. The molecule has 1 fully saturated rings. The monoisotopic (exact) mass is 462 g/mol. The van der Waals surface area contributed by atoms with E-state index in [0.29, 0.717) is 34.6 Å². The van der Waals surface area contributed by atoms with E-state index in [1.807, 2.05) is 30.3 Å². The van der Waals surface area contributed by atoms with Gasteiger partial charge in [0.1, 0.15) is 23.1 Å². The molecule has 8 heteroatoms. The van der Waals surface area contributed by atoms with Gasteiger partial charge in [-0.1, -0.05) is 41.4 Å². The lowest BCUT2D eigenvalue weighted by molar-refractivity contribution is 0.0854. The van der Waals surface area contributed by atoms with Crippen LogP contribution in [0.4, 0.5) is 0 Å². The second-order valence-electron chi connectivity index (χ2n) is 6.92. The highest BCUT2D eigenvalue weighted by Gasteiger charge is 2.19. The van der Waals surface area contributed by atoms with Crippen LogP contribution < -0.4 is 10.1 Å². The summed E-state index contributed by atoms with van der Waals surface area (Å²) in [4.78, 5) is 16.9. The summed E-state index contributed by atoms with van der Waals surface area (Å²) in [5, 5.41) is 6.39. The molecule has 0 aliphatic carbocycles. The van der Waals surface area contributed by atoms with Crippen molar-refractivity contribution in [1.82, 2.24) is 10.3 Å². The summed E-state index contributed by atoms with van der Waals surface area (Å²) in [6.45, 7) is 1.61. The molecule has 1 N–H and O–H groups in total. The van der Waals surface area contributed by atoms with Gasteiger partial charge in [0.2, 0.25) is 0 Å². The number of rotatable bonds is 7. The maximum atomic E-state index is 12.4. The summed E-state index contributed by atoms with van der Waals surface area (Å²) >= 11 is 13.5. The Labute approximate surface area is 188 Å². The van der Waals surface area contributed by atoms with Crippen LogP contribution in [0.1, 0.15) is 28.9 Å². The van der Waals surface area contributed by atoms with Gasteiger partial charge in [-0.25, -0.2) is 4.98 Å². The fourth-order valence-corrected chi connectivity index (χ4v) is 4.31. The number of hydrogen-bond acceptors (Lipinski definition) is 5. The van der Waals surface area contributed by atoms with Gasteiger partial charge >= 0.3 is 0 Å². The number of para-hydroxylation sites is 1. The first-order valence-corrected chi connectivity index (χ1v) is 11.2. The lowest BCUT2D eigenvalue weighted by atomic mass is 10.2. The van der Waals surface area contributed by atoms with Gasteiger partial charge in [0, 0.05) is 18.5 Å². The molecule has 4 rings (SSSR count). The molecule has 1 atom stereocenters. The molecule has 2 heterocycles. The minimum atomic E-state index is -0.192. The highest BCUT2D eigenvalue weighted by atomic mass is 35.5. The minimum absolute atomic E-state index is 0.0996. The Balaban J connectivity index is 1.44. The van der Waals surface area contributed by atoms with Crippen molar-refractivity contribution in [2.24, 2.45) is 0 Å². The van der Waals surface area contributed by atoms with Gasteiger partial charge in [0.25, 0.3) is 5.91 Å². The smallest absolute Gasteiger partial charge is 0.270 e. The van der Waals surface area contributed by atoms with Crippen LogP contribution in [0.3, 0.4) is 0 Å². The van der Waals surface area contributed by atoms with Crippen molar-refractivity contribution in [3.05, 3.63) is 69.1 Å². The van der Waals surface area contributed by atoms with E-state index < -0.39 is 0 Å². The average molecular weight is 463 g/mol. The van der Waals surface area contributed by atoms with E-state index in [1.54, 1.807) is 17.5 Å². The first-order valence-electron chi connectivity index (χ1n) is 9.61. The lowest BCUT2D eigenvalue weighted by Gasteiger charge is -2.11. The van der Waals surface area contributed by atoms with Crippen molar-refractivity contribution in [3.63, 3.8) is 0 Å². The Kier molecular flexibility index (Phi) is 6.89. The third-order valence-corrected chi connectivity index (χ3v) is 6.36. The molecule has 1 saturated heterocycles. The second kappa shape index (κ2) is 9.79. The van der Waals surface area contributed by atoms with Crippen molar-refractivity contribution in [2.75, 3.05) is 13.2 Å². The SMILES string of the molecule is O=C(NC[C@H]1CCCO1)c1csc(-c2ccccc2OCc2ccc(Cl)c(Cl)c2)n1. The normalized spacial score (nSPS) is 15.9. The Morgan fingerprint density at radius 1 is 1.23 bits per heavy atom. The topological polar surface area (TPSA) is 60.5 Å². The summed E-state index contributed by atoms with van der Waals surface area (Å²) in [6, 6.07) is 13.0. The Morgan fingerprint density at radius 2 is 2.10 bits per heavy atom. The molecular weight excluding hydrogens is 443 g/mol.